The lowest BCUT2D eigenvalue weighted by Crippen LogP contribution is -2.01. The van der Waals surface area contributed by atoms with E-state index in [-0.39, 0.29) is 0 Å². The molecule has 0 aliphatic rings. The van der Waals surface area contributed by atoms with E-state index in [4.69, 9.17) is 28.2 Å². The summed E-state index contributed by atoms with van der Waals surface area (Å²) in [7, 11) is 0. The number of aromatic nitrogens is 6. The molecular weight excluding hydrogens is 1030 g/mol. The van der Waals surface area contributed by atoms with Crippen LogP contribution in [0.3, 0.4) is 0 Å². The fraction of sp³-hybridized carbons (Fsp3) is 0. The molecule has 84 heavy (non-hydrogen) atoms. The van der Waals surface area contributed by atoms with E-state index in [0.29, 0.717) is 17.5 Å². The SMILES string of the molecule is c1ccc2c(c1)oc1cc3c4ccccc4n(-c4ccc(-c5nc(-c6ccc(-n7c8ccccc8c8cc9oc%10ccccc%10c9cc87)cc6)nc(-c6ccc(-n7c8ccccc8c8cc9oc%10ccccc%10c9cc87)cc6)n5)cc4)c3cc12. The highest BCUT2D eigenvalue weighted by atomic mass is 16.3. The highest BCUT2D eigenvalue weighted by Crippen LogP contribution is 2.43. The van der Waals surface area contributed by atoms with E-state index < -0.39 is 0 Å². The van der Waals surface area contributed by atoms with Crippen LogP contribution in [0.2, 0.25) is 0 Å². The molecule has 0 amide bonds. The van der Waals surface area contributed by atoms with Gasteiger partial charge in [-0.3, -0.25) is 0 Å². The second-order valence-corrected chi connectivity index (χ2v) is 21.9. The standard InChI is InChI=1S/C75H42N6O3/c1-7-19-61-49(13-1)55-40-70-58(52-16-4-10-22-67(52)82-70)37-64(55)79(61)46-31-25-43(26-32-46)73-76-74(44-27-33-47(34-28-44)80-62-20-8-2-14-50(62)56-41-71-59(38-65(56)80)53-17-5-11-23-68(53)83-71)78-75(77-73)45-29-35-48(36-30-45)81-63-21-9-3-15-51(63)57-42-72-60(39-66(57)81)54-18-6-12-24-69(54)84-72/h1-42H. The van der Waals surface area contributed by atoms with E-state index in [1.54, 1.807) is 0 Å². The van der Waals surface area contributed by atoms with Crippen LogP contribution in [-0.2, 0) is 0 Å². The average Bonchev–Trinajstić information content (AvgIpc) is 2.69. The summed E-state index contributed by atoms with van der Waals surface area (Å²) < 4.78 is 26.2. The first kappa shape index (κ1) is 45.2. The Morgan fingerprint density at radius 3 is 0.762 bits per heavy atom. The second-order valence-electron chi connectivity index (χ2n) is 21.9. The molecule has 0 fully saturated rings. The van der Waals surface area contributed by atoms with Crippen molar-refractivity contribution in [2.75, 3.05) is 0 Å². The van der Waals surface area contributed by atoms with E-state index in [2.05, 4.69) is 232 Å². The van der Waals surface area contributed by atoms with Crippen molar-refractivity contribution in [1.29, 1.82) is 0 Å². The summed E-state index contributed by atoms with van der Waals surface area (Å²) in [6.45, 7) is 0. The summed E-state index contributed by atoms with van der Waals surface area (Å²) in [5.74, 6) is 1.71. The fourth-order valence-corrected chi connectivity index (χ4v) is 13.4. The predicted molar refractivity (Wildman–Crippen MR) is 341 cm³/mol. The molecular formula is C75H42N6O3. The zero-order valence-corrected chi connectivity index (χ0v) is 44.7. The number of furan rings is 3. The molecule has 9 heteroatoms. The molecule has 0 N–H and O–H groups in total. The lowest BCUT2D eigenvalue weighted by molar-refractivity contribution is 0.669. The van der Waals surface area contributed by atoms with Gasteiger partial charge in [-0.25, -0.2) is 15.0 Å². The van der Waals surface area contributed by atoms with Gasteiger partial charge in [0.05, 0.1) is 33.1 Å². The van der Waals surface area contributed by atoms with Crippen molar-refractivity contribution >= 4 is 131 Å². The van der Waals surface area contributed by atoms with Crippen molar-refractivity contribution in [3.05, 3.63) is 255 Å². The average molecular weight is 1080 g/mol. The Hall–Kier alpha value is -11.6. The molecule has 0 aliphatic heterocycles. The Balaban J connectivity index is 0.756. The first-order chi connectivity index (χ1) is 41.6. The number of hydrogen-bond donors (Lipinski definition) is 0. The Kier molecular flexibility index (Phi) is 9.15. The van der Waals surface area contributed by atoms with Crippen molar-refractivity contribution in [1.82, 2.24) is 28.7 Å². The lowest BCUT2D eigenvalue weighted by Gasteiger charge is -2.12. The number of para-hydroxylation sites is 6. The van der Waals surface area contributed by atoms with Crippen LogP contribution in [-0.4, -0.2) is 28.7 Å². The van der Waals surface area contributed by atoms with Gasteiger partial charge in [0.1, 0.15) is 33.5 Å². The quantitative estimate of drug-likeness (QED) is 0.165. The van der Waals surface area contributed by atoms with Gasteiger partial charge in [-0.1, -0.05) is 109 Å². The smallest absolute Gasteiger partial charge is 0.164 e. The van der Waals surface area contributed by atoms with Crippen LogP contribution in [0.25, 0.3) is 182 Å². The summed E-state index contributed by atoms with van der Waals surface area (Å²) >= 11 is 0. The fourth-order valence-electron chi connectivity index (χ4n) is 13.4. The Morgan fingerprint density at radius 2 is 0.464 bits per heavy atom. The van der Waals surface area contributed by atoms with Crippen molar-refractivity contribution < 1.29 is 13.3 Å². The third-order valence-electron chi connectivity index (χ3n) is 17.3. The van der Waals surface area contributed by atoms with Crippen molar-refractivity contribution in [2.24, 2.45) is 0 Å². The number of fused-ring (bicyclic) bond motifs is 18. The van der Waals surface area contributed by atoms with Gasteiger partial charge in [0.2, 0.25) is 0 Å². The van der Waals surface area contributed by atoms with Crippen LogP contribution in [0.1, 0.15) is 0 Å². The maximum Gasteiger partial charge on any atom is 0.164 e. The zero-order chi connectivity index (χ0) is 54.7. The van der Waals surface area contributed by atoms with Gasteiger partial charge < -0.3 is 27.0 Å². The zero-order valence-electron chi connectivity index (χ0n) is 44.7. The number of hydrogen-bond acceptors (Lipinski definition) is 6. The highest BCUT2D eigenvalue weighted by molar-refractivity contribution is 6.20. The molecule has 19 aromatic rings. The molecule has 19 rings (SSSR count). The summed E-state index contributed by atoms with van der Waals surface area (Å²) in [5, 5.41) is 13.4. The molecule has 0 radical (unpaired) electrons. The molecule has 0 saturated heterocycles. The van der Waals surface area contributed by atoms with Crippen molar-refractivity contribution in [2.45, 2.75) is 0 Å². The second kappa shape index (κ2) is 17.0. The molecule has 0 saturated carbocycles. The normalized spacial score (nSPS) is 12.3. The topological polar surface area (TPSA) is 92.9 Å². The third-order valence-corrected chi connectivity index (χ3v) is 17.3. The molecule has 0 unspecified atom stereocenters. The van der Waals surface area contributed by atoms with Crippen molar-refractivity contribution in [3.8, 4) is 51.2 Å². The van der Waals surface area contributed by atoms with Gasteiger partial charge in [-0.2, -0.15) is 0 Å². The molecule has 0 bridgehead atoms. The maximum absolute atomic E-state index is 6.39. The molecule has 0 spiro atoms. The van der Waals surface area contributed by atoms with E-state index in [1.165, 1.54) is 0 Å². The summed E-state index contributed by atoms with van der Waals surface area (Å²) in [6.07, 6.45) is 0. The maximum atomic E-state index is 6.39. The van der Waals surface area contributed by atoms with Gasteiger partial charge in [-0.05, 0) is 146 Å². The number of nitrogens with zero attached hydrogens (tertiary/aromatic N) is 6. The largest absolute Gasteiger partial charge is 0.456 e. The van der Waals surface area contributed by atoms with E-state index in [0.717, 1.165) is 165 Å². The minimum atomic E-state index is 0.570. The summed E-state index contributed by atoms with van der Waals surface area (Å²) in [5.41, 5.74) is 17.6. The molecule has 12 aromatic carbocycles. The van der Waals surface area contributed by atoms with E-state index in [9.17, 15) is 0 Å². The van der Waals surface area contributed by atoms with E-state index in [1.807, 2.05) is 36.4 Å². The summed E-state index contributed by atoms with van der Waals surface area (Å²) in [4.78, 5) is 15.9. The van der Waals surface area contributed by atoms with Gasteiger partial charge in [0.25, 0.3) is 0 Å². The monoisotopic (exact) mass is 1070 g/mol. The minimum Gasteiger partial charge on any atom is -0.456 e. The Bertz CT molecular complexity index is 5380. The molecule has 7 heterocycles. The Labute approximate surface area is 476 Å². The minimum absolute atomic E-state index is 0.570. The van der Waals surface area contributed by atoms with E-state index >= 15 is 0 Å². The first-order valence-corrected chi connectivity index (χ1v) is 28.2. The third kappa shape index (κ3) is 6.51. The number of benzene rings is 12. The van der Waals surface area contributed by atoms with Crippen LogP contribution in [0.15, 0.2) is 268 Å². The molecule has 390 valence electrons. The lowest BCUT2D eigenvalue weighted by atomic mass is 10.1. The first-order valence-electron chi connectivity index (χ1n) is 28.2. The van der Waals surface area contributed by atoms with Crippen LogP contribution in [0.5, 0.6) is 0 Å². The van der Waals surface area contributed by atoms with Gasteiger partial charge in [-0.15, -0.1) is 0 Å². The highest BCUT2D eigenvalue weighted by Gasteiger charge is 2.22. The summed E-state index contributed by atoms with van der Waals surface area (Å²) in [6, 6.07) is 89.7. The molecule has 0 atom stereocenters. The molecule has 0 aliphatic carbocycles. The van der Waals surface area contributed by atoms with Gasteiger partial charge in [0.15, 0.2) is 17.5 Å². The number of rotatable bonds is 6. The van der Waals surface area contributed by atoms with Crippen LogP contribution >= 0.6 is 0 Å². The van der Waals surface area contributed by atoms with Crippen LogP contribution < -0.4 is 0 Å². The van der Waals surface area contributed by atoms with Gasteiger partial charge >= 0.3 is 0 Å². The Morgan fingerprint density at radius 1 is 0.202 bits per heavy atom. The van der Waals surface area contributed by atoms with Gasteiger partial charge in [0, 0.05) is 98.4 Å². The molecule has 9 nitrogen and oxygen atoms in total. The molecule has 7 aromatic heterocycles. The van der Waals surface area contributed by atoms with Crippen molar-refractivity contribution in [3.63, 3.8) is 0 Å². The predicted octanol–water partition coefficient (Wildman–Crippen LogP) is 19.9. The van der Waals surface area contributed by atoms with Crippen LogP contribution in [0.4, 0.5) is 0 Å². The van der Waals surface area contributed by atoms with Crippen LogP contribution in [0, 0.1) is 0 Å².